The van der Waals surface area contributed by atoms with Gasteiger partial charge in [0, 0.05) is 24.6 Å². The molecule has 1 aliphatic rings. The Morgan fingerprint density at radius 2 is 2.07 bits per heavy atom. The van der Waals surface area contributed by atoms with Crippen molar-refractivity contribution < 1.29 is 5.11 Å². The second-order valence-electron chi connectivity index (χ2n) is 3.72. The van der Waals surface area contributed by atoms with Crippen molar-refractivity contribution in [1.82, 2.24) is 14.8 Å². The number of rotatable bonds is 2. The molecule has 1 aliphatic carbocycles. The zero-order chi connectivity index (χ0) is 9.97. The van der Waals surface area contributed by atoms with E-state index in [0.29, 0.717) is 6.04 Å². The Morgan fingerprint density at radius 1 is 1.36 bits per heavy atom. The molecular weight excluding hydrogens is 200 g/mol. The molecule has 6 heteroatoms. The lowest BCUT2D eigenvalue weighted by Gasteiger charge is -2.32. The first-order valence-electron chi connectivity index (χ1n) is 4.83. The molecule has 0 atom stereocenters. The number of aromatic nitrogens is 3. The highest BCUT2D eigenvalue weighted by Crippen LogP contribution is 2.26. The Labute approximate surface area is 86.9 Å². The molecule has 1 fully saturated rings. The maximum atomic E-state index is 9.38. The molecule has 0 aliphatic heterocycles. The Balaban J connectivity index is 1.95. The molecule has 1 aromatic rings. The summed E-state index contributed by atoms with van der Waals surface area (Å²) in [6, 6.07) is 0.480. The van der Waals surface area contributed by atoms with Crippen LogP contribution < -0.4 is 4.90 Å². The van der Waals surface area contributed by atoms with Gasteiger partial charge in [-0.25, -0.2) is 0 Å². The van der Waals surface area contributed by atoms with Crippen LogP contribution in [-0.4, -0.2) is 39.1 Å². The van der Waals surface area contributed by atoms with Gasteiger partial charge in [-0.05, 0) is 30.9 Å². The number of hydrogen-bond donors (Lipinski definition) is 1. The zero-order valence-corrected chi connectivity index (χ0v) is 8.94. The van der Waals surface area contributed by atoms with Gasteiger partial charge in [0.15, 0.2) is 0 Å². The first kappa shape index (κ1) is 9.79. The highest BCUT2D eigenvalue weighted by Gasteiger charge is 2.24. The quantitative estimate of drug-likeness (QED) is 0.784. The first-order valence-corrected chi connectivity index (χ1v) is 5.60. The molecule has 0 bridgehead atoms. The molecule has 5 nitrogen and oxygen atoms in total. The summed E-state index contributed by atoms with van der Waals surface area (Å²) in [6.45, 7) is 0. The predicted molar refractivity (Wildman–Crippen MR) is 54.4 cm³/mol. The lowest BCUT2D eigenvalue weighted by atomic mass is 9.92. The van der Waals surface area contributed by atoms with E-state index in [1.165, 1.54) is 11.5 Å². The van der Waals surface area contributed by atoms with Gasteiger partial charge >= 0.3 is 0 Å². The Morgan fingerprint density at radius 3 is 2.64 bits per heavy atom. The van der Waals surface area contributed by atoms with E-state index < -0.39 is 0 Å². The molecule has 0 amide bonds. The molecule has 1 heterocycles. The van der Waals surface area contributed by atoms with Gasteiger partial charge in [0.25, 0.3) is 0 Å². The molecule has 0 radical (unpaired) electrons. The van der Waals surface area contributed by atoms with Gasteiger partial charge < -0.3 is 10.0 Å². The smallest absolute Gasteiger partial charge is 0.227 e. The lowest BCUT2D eigenvalue weighted by molar-refractivity contribution is 0.122. The maximum absolute atomic E-state index is 9.38. The first-order chi connectivity index (χ1) is 6.77. The van der Waals surface area contributed by atoms with Crippen molar-refractivity contribution in [3.05, 3.63) is 0 Å². The van der Waals surface area contributed by atoms with Gasteiger partial charge in [-0.15, -0.1) is 0 Å². The number of aliphatic hydroxyl groups excluding tert-OH is 1. The van der Waals surface area contributed by atoms with Crippen molar-refractivity contribution in [3.8, 4) is 0 Å². The van der Waals surface area contributed by atoms with Crippen LogP contribution in [0.3, 0.4) is 0 Å². The van der Waals surface area contributed by atoms with Crippen molar-refractivity contribution in [1.29, 1.82) is 0 Å². The van der Waals surface area contributed by atoms with E-state index in [-0.39, 0.29) is 6.10 Å². The summed E-state index contributed by atoms with van der Waals surface area (Å²) in [5.74, 6) is 0. The molecule has 0 unspecified atom stereocenters. The minimum atomic E-state index is -0.104. The summed E-state index contributed by atoms with van der Waals surface area (Å²) in [5.41, 5.74) is 0. The van der Waals surface area contributed by atoms with E-state index in [4.69, 9.17) is 0 Å². The highest BCUT2D eigenvalue weighted by molar-refractivity contribution is 7.09. The van der Waals surface area contributed by atoms with Crippen LogP contribution >= 0.6 is 11.5 Å². The predicted octanol–water partition coefficient (Wildman–Crippen LogP) is 0.673. The Bertz CT molecular complexity index is 271. The van der Waals surface area contributed by atoms with Crippen LogP contribution in [0.15, 0.2) is 0 Å². The van der Waals surface area contributed by atoms with E-state index in [0.717, 1.165) is 30.8 Å². The average molecular weight is 214 g/mol. The number of aliphatic hydroxyl groups is 1. The topological polar surface area (TPSA) is 62.1 Å². The zero-order valence-electron chi connectivity index (χ0n) is 8.13. The second-order valence-corrected chi connectivity index (χ2v) is 4.43. The fraction of sp³-hybridized carbons (Fsp3) is 0.875. The monoisotopic (exact) mass is 214 g/mol. The van der Waals surface area contributed by atoms with Gasteiger partial charge in [0.2, 0.25) is 5.13 Å². The largest absolute Gasteiger partial charge is 0.393 e. The molecule has 1 saturated carbocycles. The number of anilines is 1. The van der Waals surface area contributed by atoms with Gasteiger partial charge in [-0.3, -0.25) is 0 Å². The summed E-state index contributed by atoms with van der Waals surface area (Å²) in [7, 11) is 2.02. The van der Waals surface area contributed by atoms with Gasteiger partial charge in [-0.1, -0.05) is 9.59 Å². The van der Waals surface area contributed by atoms with Crippen molar-refractivity contribution in [3.63, 3.8) is 0 Å². The molecule has 1 N–H and O–H groups in total. The van der Waals surface area contributed by atoms with E-state index >= 15 is 0 Å². The van der Waals surface area contributed by atoms with Crippen LogP contribution in [0.1, 0.15) is 25.7 Å². The third-order valence-corrected chi connectivity index (χ3v) is 3.49. The average Bonchev–Trinajstić information content (AvgIpc) is 2.71. The normalized spacial score (nSPS) is 27.6. The van der Waals surface area contributed by atoms with E-state index in [1.807, 2.05) is 7.05 Å². The minimum absolute atomic E-state index is 0.104. The molecule has 0 spiro atoms. The minimum Gasteiger partial charge on any atom is -0.393 e. The van der Waals surface area contributed by atoms with Gasteiger partial charge in [0.05, 0.1) is 6.10 Å². The summed E-state index contributed by atoms with van der Waals surface area (Å²) < 4.78 is 3.74. The number of hydrogen-bond acceptors (Lipinski definition) is 6. The third kappa shape index (κ3) is 2.01. The van der Waals surface area contributed by atoms with Crippen molar-refractivity contribution in [2.45, 2.75) is 37.8 Å². The van der Waals surface area contributed by atoms with Crippen LogP contribution in [-0.2, 0) is 0 Å². The molecule has 78 valence electrons. The van der Waals surface area contributed by atoms with Crippen LogP contribution in [0.25, 0.3) is 0 Å². The Kier molecular flexibility index (Phi) is 2.93. The van der Waals surface area contributed by atoms with Crippen LogP contribution in [0.2, 0.25) is 0 Å². The van der Waals surface area contributed by atoms with E-state index in [9.17, 15) is 5.11 Å². The molecule has 2 rings (SSSR count). The lowest BCUT2D eigenvalue weighted by Crippen LogP contribution is -2.36. The summed E-state index contributed by atoms with van der Waals surface area (Å²) in [6.07, 6.45) is 3.73. The SMILES string of the molecule is CN(c1nnns1)C1CCC(O)CC1. The van der Waals surface area contributed by atoms with Gasteiger partial charge in [-0.2, -0.15) is 0 Å². The summed E-state index contributed by atoms with van der Waals surface area (Å²) in [4.78, 5) is 2.12. The molecule has 0 aromatic carbocycles. The Hall–Kier alpha value is -0.750. The van der Waals surface area contributed by atoms with Gasteiger partial charge in [0.1, 0.15) is 0 Å². The summed E-state index contributed by atoms with van der Waals surface area (Å²) >= 11 is 1.32. The van der Waals surface area contributed by atoms with Crippen LogP contribution in [0, 0.1) is 0 Å². The van der Waals surface area contributed by atoms with E-state index in [2.05, 4.69) is 19.7 Å². The fourth-order valence-corrected chi connectivity index (χ4v) is 2.36. The second kappa shape index (κ2) is 4.18. The van der Waals surface area contributed by atoms with Crippen LogP contribution in [0.5, 0.6) is 0 Å². The van der Waals surface area contributed by atoms with Crippen molar-refractivity contribution in [2.24, 2.45) is 0 Å². The standard InChI is InChI=1S/C8H14N4OS/c1-12(8-9-10-11-14-8)6-2-4-7(13)5-3-6/h6-7,13H,2-5H2,1H3. The maximum Gasteiger partial charge on any atom is 0.227 e. The van der Waals surface area contributed by atoms with E-state index in [1.54, 1.807) is 0 Å². The van der Waals surface area contributed by atoms with Crippen molar-refractivity contribution in [2.75, 3.05) is 11.9 Å². The fourth-order valence-electron chi connectivity index (χ4n) is 1.87. The van der Waals surface area contributed by atoms with Crippen molar-refractivity contribution >= 4 is 16.7 Å². The highest BCUT2D eigenvalue weighted by atomic mass is 32.1. The molecule has 14 heavy (non-hydrogen) atoms. The molecule has 1 aromatic heterocycles. The van der Waals surface area contributed by atoms with Crippen LogP contribution in [0.4, 0.5) is 5.13 Å². The third-order valence-electron chi connectivity index (χ3n) is 2.80. The molecular formula is C8H14N4OS. The molecule has 0 saturated heterocycles. The number of nitrogens with zero attached hydrogens (tertiary/aromatic N) is 4. The summed E-state index contributed by atoms with van der Waals surface area (Å²) in [5, 5.41) is 17.8.